The normalized spacial score (nSPS) is 11.5. The van der Waals surface area contributed by atoms with Gasteiger partial charge in [-0.2, -0.15) is 4.68 Å². The molecule has 12 nitrogen and oxygen atoms in total. The van der Waals surface area contributed by atoms with E-state index >= 15 is 0 Å². The van der Waals surface area contributed by atoms with Gasteiger partial charge in [0.1, 0.15) is 18.0 Å². The van der Waals surface area contributed by atoms with Gasteiger partial charge in [0.05, 0.1) is 12.9 Å². The maximum Gasteiger partial charge on any atom is 0.437 e. The number of rotatable bonds is 4. The van der Waals surface area contributed by atoms with Gasteiger partial charge in [-0.1, -0.05) is 5.16 Å². The Labute approximate surface area is 149 Å². The first kappa shape index (κ1) is 16.8. The fraction of sp³-hybridized carbons (Fsp3) is 0.333. The molecule has 4 heterocycles. The summed E-state index contributed by atoms with van der Waals surface area (Å²) in [5.74, 6) is 0.0545. The summed E-state index contributed by atoms with van der Waals surface area (Å²) in [6, 6.07) is 1.69. The second kappa shape index (κ2) is 5.93. The van der Waals surface area contributed by atoms with E-state index in [1.54, 1.807) is 13.0 Å². The van der Waals surface area contributed by atoms with Gasteiger partial charge < -0.3 is 13.5 Å². The minimum atomic E-state index is -0.657. The zero-order valence-electron chi connectivity index (χ0n) is 14.7. The van der Waals surface area contributed by atoms with E-state index in [0.717, 1.165) is 9.25 Å². The highest BCUT2D eigenvalue weighted by Gasteiger charge is 2.17. The summed E-state index contributed by atoms with van der Waals surface area (Å²) in [6.45, 7) is 1.84. The maximum absolute atomic E-state index is 12.4. The van der Waals surface area contributed by atoms with E-state index in [-0.39, 0.29) is 30.1 Å². The zero-order valence-corrected chi connectivity index (χ0v) is 14.7. The van der Waals surface area contributed by atoms with Gasteiger partial charge in [0.25, 0.3) is 5.56 Å². The summed E-state index contributed by atoms with van der Waals surface area (Å²) < 4.78 is 15.0. The van der Waals surface area contributed by atoms with Crippen LogP contribution in [0.25, 0.3) is 11.2 Å². The summed E-state index contributed by atoms with van der Waals surface area (Å²) in [5, 5.41) is 7.93. The molecule has 0 amide bonds. The van der Waals surface area contributed by atoms with Gasteiger partial charge in [-0.25, -0.2) is 14.6 Å². The van der Waals surface area contributed by atoms with E-state index in [9.17, 15) is 14.4 Å². The summed E-state index contributed by atoms with van der Waals surface area (Å²) in [6.07, 6.45) is 1.39. The number of fused-ring (bicyclic) bond motifs is 1. The van der Waals surface area contributed by atoms with Crippen molar-refractivity contribution in [1.29, 1.82) is 0 Å². The van der Waals surface area contributed by atoms with Crippen molar-refractivity contribution >= 4 is 11.2 Å². The molecule has 0 N–H and O–H groups in total. The Balaban J connectivity index is 1.71. The Morgan fingerprint density at radius 1 is 1.11 bits per heavy atom. The lowest BCUT2D eigenvalue weighted by atomic mass is 10.4. The second-order valence-electron chi connectivity index (χ2n) is 6.10. The lowest BCUT2D eigenvalue weighted by molar-refractivity contribution is 0.386. The van der Waals surface area contributed by atoms with Gasteiger partial charge in [0, 0.05) is 20.2 Å². The van der Waals surface area contributed by atoms with Gasteiger partial charge in [-0.05, 0) is 6.92 Å². The van der Waals surface area contributed by atoms with Crippen LogP contribution < -0.4 is 17.0 Å². The fourth-order valence-corrected chi connectivity index (χ4v) is 2.82. The molecule has 0 aromatic carbocycles. The van der Waals surface area contributed by atoms with Crippen molar-refractivity contribution in [1.82, 2.24) is 33.6 Å². The molecule has 27 heavy (non-hydrogen) atoms. The number of nitrogens with zero attached hydrogens (tertiary/aromatic N) is 7. The first-order chi connectivity index (χ1) is 12.8. The van der Waals surface area contributed by atoms with Crippen LogP contribution in [0.1, 0.15) is 17.3 Å². The standard InChI is InChI=1S/C15H15N7O5/c1-8-4-9(18-27-8)5-22-15(25)26-10(17-22)6-21-7-16-12-11(21)13(23)20(3)14(24)19(12)2/h4,7H,5-6H2,1-3H3. The first-order valence-corrected chi connectivity index (χ1v) is 7.95. The van der Waals surface area contributed by atoms with Crippen LogP contribution in [0.4, 0.5) is 0 Å². The highest BCUT2D eigenvalue weighted by molar-refractivity contribution is 5.70. The van der Waals surface area contributed by atoms with Crippen LogP contribution in [0.15, 0.2) is 35.7 Å². The molecule has 12 heteroatoms. The van der Waals surface area contributed by atoms with Crippen LogP contribution in [0.2, 0.25) is 0 Å². The Morgan fingerprint density at radius 3 is 2.59 bits per heavy atom. The first-order valence-electron chi connectivity index (χ1n) is 7.95. The molecule has 0 fully saturated rings. The largest absolute Gasteiger partial charge is 0.437 e. The van der Waals surface area contributed by atoms with Crippen molar-refractivity contribution in [3.05, 3.63) is 61.1 Å². The van der Waals surface area contributed by atoms with E-state index in [0.29, 0.717) is 11.5 Å². The number of hydrogen-bond donors (Lipinski definition) is 0. The highest BCUT2D eigenvalue weighted by Crippen LogP contribution is 2.08. The molecular weight excluding hydrogens is 358 g/mol. The predicted octanol–water partition coefficient (Wildman–Crippen LogP) is -1.02. The number of aromatic nitrogens is 7. The second-order valence-corrected chi connectivity index (χ2v) is 6.10. The summed E-state index contributed by atoms with van der Waals surface area (Å²) in [4.78, 5) is 40.5. The molecule has 140 valence electrons. The molecule has 4 aromatic rings. The van der Waals surface area contributed by atoms with Crippen molar-refractivity contribution < 1.29 is 8.94 Å². The molecule has 0 atom stereocenters. The zero-order chi connectivity index (χ0) is 19.3. The van der Waals surface area contributed by atoms with Gasteiger partial charge in [-0.15, -0.1) is 5.10 Å². The van der Waals surface area contributed by atoms with Crippen LogP contribution in [0.5, 0.6) is 0 Å². The van der Waals surface area contributed by atoms with Gasteiger partial charge >= 0.3 is 11.4 Å². The highest BCUT2D eigenvalue weighted by atomic mass is 16.5. The van der Waals surface area contributed by atoms with Crippen molar-refractivity contribution in [2.75, 3.05) is 0 Å². The molecular formula is C15H15N7O5. The van der Waals surface area contributed by atoms with E-state index < -0.39 is 17.0 Å². The lowest BCUT2D eigenvalue weighted by Crippen LogP contribution is -2.37. The molecule has 0 saturated heterocycles. The third-order valence-electron chi connectivity index (χ3n) is 4.16. The van der Waals surface area contributed by atoms with Gasteiger partial charge in [0.15, 0.2) is 11.2 Å². The molecule has 0 radical (unpaired) electrons. The molecule has 0 aliphatic carbocycles. The molecule has 0 aliphatic rings. The van der Waals surface area contributed by atoms with Crippen LogP contribution in [-0.4, -0.2) is 33.6 Å². The van der Waals surface area contributed by atoms with E-state index in [4.69, 9.17) is 8.94 Å². The average molecular weight is 373 g/mol. The lowest BCUT2D eigenvalue weighted by Gasteiger charge is -2.04. The molecule has 0 bridgehead atoms. The number of hydrogen-bond acceptors (Lipinski definition) is 8. The smallest absolute Gasteiger partial charge is 0.390 e. The van der Waals surface area contributed by atoms with Gasteiger partial charge in [0.2, 0.25) is 5.89 Å². The minimum absolute atomic E-state index is 0.00400. The fourth-order valence-electron chi connectivity index (χ4n) is 2.82. The molecule has 0 spiro atoms. The van der Waals surface area contributed by atoms with Crippen LogP contribution in [-0.2, 0) is 27.2 Å². The number of aryl methyl sites for hydroxylation is 2. The summed E-state index contributed by atoms with van der Waals surface area (Å²) in [5.41, 5.74) is 0.0141. The number of imidazole rings is 1. The Kier molecular flexibility index (Phi) is 3.68. The summed E-state index contributed by atoms with van der Waals surface area (Å²) >= 11 is 0. The molecule has 0 unspecified atom stereocenters. The third-order valence-corrected chi connectivity index (χ3v) is 4.16. The summed E-state index contributed by atoms with van der Waals surface area (Å²) in [7, 11) is 2.91. The molecule has 4 aromatic heterocycles. The van der Waals surface area contributed by atoms with Crippen LogP contribution >= 0.6 is 0 Å². The Morgan fingerprint density at radius 2 is 1.89 bits per heavy atom. The average Bonchev–Trinajstić information content (AvgIpc) is 3.32. The van der Waals surface area contributed by atoms with Crippen LogP contribution in [0.3, 0.4) is 0 Å². The molecule has 0 aliphatic heterocycles. The minimum Gasteiger partial charge on any atom is -0.390 e. The molecule has 4 rings (SSSR count). The van der Waals surface area contributed by atoms with Crippen molar-refractivity contribution in [2.24, 2.45) is 14.1 Å². The van der Waals surface area contributed by atoms with Crippen LogP contribution in [0, 0.1) is 6.92 Å². The van der Waals surface area contributed by atoms with E-state index in [1.807, 2.05) is 0 Å². The predicted molar refractivity (Wildman–Crippen MR) is 90.4 cm³/mol. The van der Waals surface area contributed by atoms with E-state index in [1.165, 1.54) is 29.6 Å². The van der Waals surface area contributed by atoms with Gasteiger partial charge in [-0.3, -0.25) is 13.9 Å². The SMILES string of the molecule is Cc1cc(Cn2nc(Cn3cnc4c3c(=O)n(C)c(=O)n4C)oc2=O)no1. The monoisotopic (exact) mass is 373 g/mol. The maximum atomic E-state index is 12.4. The van der Waals surface area contributed by atoms with E-state index in [2.05, 4.69) is 15.2 Å². The Bertz CT molecular complexity index is 1330. The third kappa shape index (κ3) is 2.70. The van der Waals surface area contributed by atoms with Crippen molar-refractivity contribution in [2.45, 2.75) is 20.0 Å². The van der Waals surface area contributed by atoms with Crippen molar-refractivity contribution in [3.8, 4) is 0 Å². The Hall–Kier alpha value is -3.70. The topological polar surface area (TPSA) is 136 Å². The van der Waals surface area contributed by atoms with Crippen molar-refractivity contribution in [3.63, 3.8) is 0 Å². The quantitative estimate of drug-likeness (QED) is 0.443. The molecule has 0 saturated carbocycles.